The van der Waals surface area contributed by atoms with Crippen LogP contribution in [0.3, 0.4) is 0 Å². The van der Waals surface area contributed by atoms with Crippen molar-refractivity contribution in [2.45, 2.75) is 19.3 Å². The van der Waals surface area contributed by atoms with Gasteiger partial charge in [-0.05, 0) is 73.3 Å². The van der Waals surface area contributed by atoms with E-state index < -0.39 is 0 Å². The van der Waals surface area contributed by atoms with Gasteiger partial charge in [-0.15, -0.1) is 0 Å². The minimum Gasteiger partial charge on any atom is -0.309 e. The van der Waals surface area contributed by atoms with E-state index in [1.54, 1.807) is 0 Å². The quantitative estimate of drug-likeness (QED) is 0.194. The third-order valence-corrected chi connectivity index (χ3v) is 9.33. The molecule has 1 aliphatic carbocycles. The van der Waals surface area contributed by atoms with Crippen LogP contribution in [0.25, 0.3) is 70.9 Å². The Hall–Kier alpha value is -4.88. The number of rotatable bonds is 1. The summed E-state index contributed by atoms with van der Waals surface area (Å²) in [5.74, 6) is 0. The predicted molar refractivity (Wildman–Crippen MR) is 171 cm³/mol. The van der Waals surface area contributed by atoms with Gasteiger partial charge in [-0.2, -0.15) is 0 Å². The van der Waals surface area contributed by atoms with E-state index in [0.29, 0.717) is 0 Å². The molecule has 0 fully saturated rings. The van der Waals surface area contributed by atoms with Crippen molar-refractivity contribution in [2.75, 3.05) is 0 Å². The molecule has 40 heavy (non-hydrogen) atoms. The van der Waals surface area contributed by atoms with Crippen molar-refractivity contribution in [3.8, 4) is 16.8 Å². The lowest BCUT2D eigenvalue weighted by molar-refractivity contribution is 0.645. The maximum Gasteiger partial charge on any atom is 0.0553 e. The number of hydrogen-bond donors (Lipinski definition) is 0. The molecule has 0 saturated carbocycles. The van der Waals surface area contributed by atoms with Gasteiger partial charge in [0.15, 0.2) is 0 Å². The van der Waals surface area contributed by atoms with Crippen LogP contribution in [0.4, 0.5) is 0 Å². The van der Waals surface area contributed by atoms with E-state index in [2.05, 4.69) is 146 Å². The number of aromatic nitrogens is 1. The van der Waals surface area contributed by atoms with Gasteiger partial charge in [0.05, 0.1) is 11.0 Å². The third kappa shape index (κ3) is 2.72. The first-order valence-electron chi connectivity index (χ1n) is 14.1. The van der Waals surface area contributed by atoms with Crippen LogP contribution in [0.15, 0.2) is 127 Å². The molecule has 9 rings (SSSR count). The Balaban J connectivity index is 1.49. The van der Waals surface area contributed by atoms with E-state index in [1.165, 1.54) is 82.1 Å². The van der Waals surface area contributed by atoms with Crippen molar-refractivity contribution in [1.29, 1.82) is 0 Å². The number of para-hydroxylation sites is 1. The summed E-state index contributed by atoms with van der Waals surface area (Å²) in [5.41, 5.74) is 9.18. The molecule has 1 aromatic heterocycles. The highest BCUT2D eigenvalue weighted by Crippen LogP contribution is 2.52. The van der Waals surface area contributed by atoms with Crippen molar-refractivity contribution in [3.63, 3.8) is 0 Å². The molecule has 0 spiro atoms. The molecule has 8 aromatic rings. The van der Waals surface area contributed by atoms with Crippen molar-refractivity contribution >= 4 is 54.1 Å². The van der Waals surface area contributed by atoms with Gasteiger partial charge in [0.25, 0.3) is 0 Å². The average Bonchev–Trinajstić information content (AvgIpc) is 3.32. The Morgan fingerprint density at radius 2 is 1.15 bits per heavy atom. The molecule has 0 atom stereocenters. The van der Waals surface area contributed by atoms with E-state index >= 15 is 0 Å². The van der Waals surface area contributed by atoms with Crippen LogP contribution in [0.2, 0.25) is 0 Å². The molecule has 188 valence electrons. The predicted octanol–water partition coefficient (Wildman–Crippen LogP) is 10.5. The molecule has 7 aromatic carbocycles. The number of hydrogen-bond acceptors (Lipinski definition) is 0. The van der Waals surface area contributed by atoms with E-state index in [4.69, 9.17) is 0 Å². The Morgan fingerprint density at radius 3 is 2.05 bits per heavy atom. The summed E-state index contributed by atoms with van der Waals surface area (Å²) >= 11 is 0. The zero-order valence-corrected chi connectivity index (χ0v) is 22.6. The topological polar surface area (TPSA) is 4.93 Å². The van der Waals surface area contributed by atoms with Gasteiger partial charge in [0.1, 0.15) is 0 Å². The van der Waals surface area contributed by atoms with E-state index in [1.807, 2.05) is 0 Å². The normalized spacial score (nSPS) is 13.9. The molecule has 0 N–H and O–H groups in total. The molecule has 0 radical (unpaired) electrons. The second kappa shape index (κ2) is 7.61. The van der Waals surface area contributed by atoms with Crippen LogP contribution in [0.1, 0.15) is 25.0 Å². The minimum atomic E-state index is -0.0610. The fraction of sp³-hybridized carbons (Fsp3) is 0.0769. The molecule has 0 amide bonds. The second-order valence-corrected chi connectivity index (χ2v) is 11.8. The maximum absolute atomic E-state index is 2.48. The first kappa shape index (κ1) is 22.0. The van der Waals surface area contributed by atoms with Gasteiger partial charge < -0.3 is 4.57 Å². The summed E-state index contributed by atoms with van der Waals surface area (Å²) in [6.45, 7) is 4.74. The van der Waals surface area contributed by atoms with Gasteiger partial charge in [-0.25, -0.2) is 0 Å². The maximum atomic E-state index is 2.48. The highest BCUT2D eigenvalue weighted by molar-refractivity contribution is 6.25. The highest BCUT2D eigenvalue weighted by Gasteiger charge is 2.35. The highest BCUT2D eigenvalue weighted by atomic mass is 15.0. The van der Waals surface area contributed by atoms with Gasteiger partial charge in [-0.3, -0.25) is 0 Å². The average molecular weight is 510 g/mol. The fourth-order valence-corrected chi connectivity index (χ4v) is 7.49. The minimum absolute atomic E-state index is 0.0610. The Morgan fingerprint density at radius 1 is 0.475 bits per heavy atom. The smallest absolute Gasteiger partial charge is 0.0553 e. The first-order chi connectivity index (χ1) is 19.6. The van der Waals surface area contributed by atoms with Crippen LogP contribution in [0.5, 0.6) is 0 Å². The number of fused-ring (bicyclic) bond motifs is 9. The van der Waals surface area contributed by atoms with Gasteiger partial charge >= 0.3 is 0 Å². The molecule has 1 heterocycles. The van der Waals surface area contributed by atoms with Crippen molar-refractivity contribution in [2.24, 2.45) is 0 Å². The van der Waals surface area contributed by atoms with Crippen LogP contribution < -0.4 is 0 Å². The first-order valence-corrected chi connectivity index (χ1v) is 14.1. The molecule has 1 aliphatic rings. The monoisotopic (exact) mass is 509 g/mol. The Labute approximate surface area is 232 Å². The third-order valence-electron chi connectivity index (χ3n) is 9.33. The SMILES string of the molecule is CC1(C)c2ccccc2-c2c3c1cccc3cc1c2c2ccccc2n1-c1ccc2ccc3ccccc3c2c1. The zero-order valence-electron chi connectivity index (χ0n) is 22.6. The summed E-state index contributed by atoms with van der Waals surface area (Å²) in [7, 11) is 0. The fourth-order valence-electron chi connectivity index (χ4n) is 7.49. The molecule has 0 aliphatic heterocycles. The molecule has 0 unspecified atom stereocenters. The standard InChI is InChI=1S/C39H27N/c1-39(2)32-15-7-5-13-29(32)38-36-26(11-9-16-33(36)39)22-35-37(38)30-14-6-8-17-34(30)40(35)27-21-20-25-19-18-24-10-3-4-12-28(24)31(25)23-27/h3-23H,1-2H3. The van der Waals surface area contributed by atoms with Crippen LogP contribution in [-0.2, 0) is 5.41 Å². The van der Waals surface area contributed by atoms with E-state index in [9.17, 15) is 0 Å². The molecule has 0 saturated heterocycles. The lowest BCUT2D eigenvalue weighted by atomic mass is 9.68. The summed E-state index contributed by atoms with van der Waals surface area (Å²) in [6, 6.07) is 47.4. The molecular weight excluding hydrogens is 482 g/mol. The zero-order chi connectivity index (χ0) is 26.6. The largest absolute Gasteiger partial charge is 0.309 e. The summed E-state index contributed by atoms with van der Waals surface area (Å²) in [6.07, 6.45) is 0. The summed E-state index contributed by atoms with van der Waals surface area (Å²) < 4.78 is 2.48. The molecule has 0 bridgehead atoms. The van der Waals surface area contributed by atoms with Gasteiger partial charge in [0.2, 0.25) is 0 Å². The number of nitrogens with zero attached hydrogens (tertiary/aromatic N) is 1. The lowest BCUT2D eigenvalue weighted by Crippen LogP contribution is -2.23. The van der Waals surface area contributed by atoms with Crippen LogP contribution >= 0.6 is 0 Å². The molecular formula is C39H27N. The summed E-state index contributed by atoms with van der Waals surface area (Å²) in [5, 5.41) is 10.5. The Kier molecular flexibility index (Phi) is 4.18. The second-order valence-electron chi connectivity index (χ2n) is 11.8. The van der Waals surface area contributed by atoms with Crippen LogP contribution in [0, 0.1) is 0 Å². The van der Waals surface area contributed by atoms with Crippen molar-refractivity contribution in [1.82, 2.24) is 4.57 Å². The van der Waals surface area contributed by atoms with Crippen molar-refractivity contribution in [3.05, 3.63) is 139 Å². The Bertz CT molecular complexity index is 2350. The lowest BCUT2D eigenvalue weighted by Gasteiger charge is -2.35. The molecule has 1 heteroatoms. The van der Waals surface area contributed by atoms with E-state index in [0.717, 1.165) is 0 Å². The summed E-state index contributed by atoms with van der Waals surface area (Å²) in [4.78, 5) is 0. The van der Waals surface area contributed by atoms with Gasteiger partial charge in [0, 0.05) is 27.4 Å². The van der Waals surface area contributed by atoms with E-state index in [-0.39, 0.29) is 5.41 Å². The van der Waals surface area contributed by atoms with Crippen LogP contribution in [-0.4, -0.2) is 4.57 Å². The molecule has 1 nitrogen and oxygen atoms in total. The number of benzene rings is 7. The van der Waals surface area contributed by atoms with Crippen molar-refractivity contribution < 1.29 is 0 Å². The van der Waals surface area contributed by atoms with Gasteiger partial charge in [-0.1, -0.05) is 117 Å².